The average Bonchev–Trinajstić information content (AvgIpc) is 2.37. The Morgan fingerprint density at radius 3 is 2.17 bits per heavy atom. The van der Waals surface area contributed by atoms with Crippen molar-refractivity contribution in [3.05, 3.63) is 48.4 Å². The Bertz CT molecular complexity index is 564. The first kappa shape index (κ1) is 11.2. The second-order valence-corrected chi connectivity index (χ2v) is 5.10. The Morgan fingerprint density at radius 1 is 1.00 bits per heavy atom. The van der Waals surface area contributed by atoms with Crippen molar-refractivity contribution in [1.82, 2.24) is 0 Å². The molecule has 0 spiro atoms. The molecule has 3 rings (SSSR count). The van der Waals surface area contributed by atoms with Gasteiger partial charge in [0.15, 0.2) is 0 Å². The molecule has 0 aliphatic carbocycles. The van der Waals surface area contributed by atoms with E-state index in [1.54, 1.807) is 0 Å². The largest absolute Gasteiger partial charge is 0.405 e. The van der Waals surface area contributed by atoms with E-state index in [1.165, 1.54) is 22.1 Å². The van der Waals surface area contributed by atoms with E-state index in [9.17, 15) is 0 Å². The number of nitrogens with one attached hydrogen (secondary N) is 2. The molecule has 3 heteroatoms. The molecule has 0 aromatic heterocycles. The van der Waals surface area contributed by atoms with Crippen LogP contribution in [0.1, 0.15) is 13.8 Å². The number of allylic oxidation sites excluding steroid dienone is 1. The van der Waals surface area contributed by atoms with Crippen LogP contribution >= 0.6 is 0 Å². The van der Waals surface area contributed by atoms with Crippen LogP contribution in [0.2, 0.25) is 0 Å². The normalized spacial score (nSPS) is 14.1. The van der Waals surface area contributed by atoms with E-state index in [-0.39, 0.29) is 6.98 Å². The summed E-state index contributed by atoms with van der Waals surface area (Å²) in [7, 11) is 0. The Hall–Kier alpha value is -1.90. The highest BCUT2D eigenvalue weighted by molar-refractivity contribution is 6.72. The monoisotopic (exact) mass is 236 g/mol. The van der Waals surface area contributed by atoms with Gasteiger partial charge in [-0.15, -0.1) is 0 Å². The Balaban J connectivity index is 2.00. The summed E-state index contributed by atoms with van der Waals surface area (Å²) in [5, 5.41) is 9.60. The molecule has 0 unspecified atom stereocenters. The molecule has 0 bridgehead atoms. The van der Waals surface area contributed by atoms with Gasteiger partial charge in [-0.25, -0.2) is 0 Å². The quantitative estimate of drug-likeness (QED) is 0.772. The summed E-state index contributed by atoms with van der Waals surface area (Å²) in [6.45, 7) is 4.55. The number of rotatable bonds is 2. The molecule has 0 saturated heterocycles. The van der Waals surface area contributed by atoms with Crippen LogP contribution in [0.3, 0.4) is 0 Å². The summed E-state index contributed by atoms with van der Waals surface area (Å²) < 4.78 is 0. The number of hydrogen-bond acceptors (Lipinski definition) is 2. The van der Waals surface area contributed by atoms with Crippen molar-refractivity contribution >= 4 is 29.1 Å². The maximum absolute atomic E-state index is 3.52. The smallest absolute Gasteiger partial charge is 0.398 e. The first-order chi connectivity index (χ1) is 8.74. The summed E-state index contributed by atoms with van der Waals surface area (Å²) in [5.41, 5.74) is 2.42. The van der Waals surface area contributed by atoms with E-state index in [1.807, 2.05) is 0 Å². The third-order valence-electron chi connectivity index (χ3n) is 3.22. The van der Waals surface area contributed by atoms with Gasteiger partial charge in [-0.1, -0.05) is 50.2 Å². The van der Waals surface area contributed by atoms with Gasteiger partial charge in [0.2, 0.25) is 0 Å². The molecule has 2 N–H and O–H groups in total. The molecule has 1 aliphatic rings. The van der Waals surface area contributed by atoms with Crippen molar-refractivity contribution in [2.45, 2.75) is 13.8 Å². The lowest BCUT2D eigenvalue weighted by Gasteiger charge is -2.24. The molecule has 2 aromatic carbocycles. The van der Waals surface area contributed by atoms with Crippen LogP contribution in [0.5, 0.6) is 0 Å². The SMILES string of the molecule is CC(C)/C=C/B1Nc2cccc3cccc(c23)N1. The molecule has 0 fully saturated rings. The van der Waals surface area contributed by atoms with Crippen LogP contribution in [0, 0.1) is 5.92 Å². The second kappa shape index (κ2) is 4.41. The van der Waals surface area contributed by atoms with Gasteiger partial charge in [0, 0.05) is 16.8 Å². The van der Waals surface area contributed by atoms with Gasteiger partial charge in [-0.3, -0.25) is 0 Å². The van der Waals surface area contributed by atoms with Crippen molar-refractivity contribution in [2.24, 2.45) is 5.92 Å². The Labute approximate surface area is 108 Å². The molecule has 1 aliphatic heterocycles. The van der Waals surface area contributed by atoms with Crippen LogP contribution in [-0.2, 0) is 0 Å². The zero-order valence-corrected chi connectivity index (χ0v) is 10.8. The Kier molecular flexibility index (Phi) is 2.75. The maximum Gasteiger partial charge on any atom is 0.398 e. The molecule has 0 amide bonds. The van der Waals surface area contributed by atoms with Gasteiger partial charge >= 0.3 is 6.98 Å². The number of benzene rings is 2. The fourth-order valence-corrected chi connectivity index (χ4v) is 2.38. The molecular weight excluding hydrogens is 219 g/mol. The van der Waals surface area contributed by atoms with Crippen molar-refractivity contribution in [3.8, 4) is 0 Å². The minimum Gasteiger partial charge on any atom is -0.405 e. The van der Waals surface area contributed by atoms with E-state index < -0.39 is 0 Å². The number of anilines is 2. The lowest BCUT2D eigenvalue weighted by Crippen LogP contribution is -2.35. The summed E-state index contributed by atoms with van der Waals surface area (Å²) in [6.07, 6.45) is 2.22. The number of hydrogen-bond donors (Lipinski definition) is 2. The van der Waals surface area contributed by atoms with E-state index in [2.05, 4.69) is 72.8 Å². The average molecular weight is 236 g/mol. The second-order valence-electron chi connectivity index (χ2n) is 5.10. The topological polar surface area (TPSA) is 24.1 Å². The van der Waals surface area contributed by atoms with Gasteiger partial charge < -0.3 is 10.5 Å². The lowest BCUT2D eigenvalue weighted by molar-refractivity contribution is 0.833. The summed E-state index contributed by atoms with van der Waals surface area (Å²) >= 11 is 0. The van der Waals surface area contributed by atoms with Crippen LogP contribution in [0.25, 0.3) is 10.8 Å². The Morgan fingerprint density at radius 2 is 1.61 bits per heavy atom. The first-order valence-electron chi connectivity index (χ1n) is 6.47. The van der Waals surface area contributed by atoms with Gasteiger partial charge in [0.25, 0.3) is 0 Å². The summed E-state index contributed by atoms with van der Waals surface area (Å²) in [6, 6.07) is 12.8. The van der Waals surface area contributed by atoms with E-state index in [0.717, 1.165) is 0 Å². The van der Waals surface area contributed by atoms with Crippen LogP contribution in [0.4, 0.5) is 11.4 Å². The maximum atomic E-state index is 3.52. The first-order valence-corrected chi connectivity index (χ1v) is 6.47. The highest BCUT2D eigenvalue weighted by Crippen LogP contribution is 2.33. The highest BCUT2D eigenvalue weighted by atomic mass is 15.0. The summed E-state index contributed by atoms with van der Waals surface area (Å²) in [4.78, 5) is 0. The van der Waals surface area contributed by atoms with Crippen molar-refractivity contribution in [2.75, 3.05) is 10.5 Å². The minimum absolute atomic E-state index is 0.174. The van der Waals surface area contributed by atoms with Gasteiger partial charge in [0.05, 0.1) is 0 Å². The van der Waals surface area contributed by atoms with Crippen LogP contribution < -0.4 is 10.5 Å². The molecule has 2 nitrogen and oxygen atoms in total. The van der Waals surface area contributed by atoms with Gasteiger partial charge in [0.1, 0.15) is 0 Å². The fourth-order valence-electron chi connectivity index (χ4n) is 2.38. The van der Waals surface area contributed by atoms with Crippen molar-refractivity contribution in [3.63, 3.8) is 0 Å². The summed E-state index contributed by atoms with van der Waals surface area (Å²) in [5.74, 6) is 2.76. The fraction of sp³-hybridized carbons (Fsp3) is 0.200. The third-order valence-corrected chi connectivity index (χ3v) is 3.22. The zero-order chi connectivity index (χ0) is 12.5. The van der Waals surface area contributed by atoms with Gasteiger partial charge in [-0.05, 0) is 23.4 Å². The van der Waals surface area contributed by atoms with Crippen LogP contribution in [0.15, 0.2) is 48.4 Å². The standard InChI is InChI=1S/C15H17BN2/c1-11(2)9-10-16-17-13-7-3-5-12-6-4-8-14(18-16)15(12)13/h3-11,17-18H,1-2H3/b10-9+. The van der Waals surface area contributed by atoms with E-state index in [4.69, 9.17) is 0 Å². The molecule has 18 heavy (non-hydrogen) atoms. The molecule has 2 aromatic rings. The van der Waals surface area contributed by atoms with Gasteiger partial charge in [-0.2, -0.15) is 0 Å². The predicted octanol–water partition coefficient (Wildman–Crippen LogP) is 3.92. The molecule has 90 valence electrons. The molecular formula is C15H17BN2. The minimum atomic E-state index is 0.174. The van der Waals surface area contributed by atoms with E-state index >= 15 is 0 Å². The predicted molar refractivity (Wildman–Crippen MR) is 80.9 cm³/mol. The van der Waals surface area contributed by atoms with Crippen LogP contribution in [-0.4, -0.2) is 6.98 Å². The molecule has 0 atom stereocenters. The molecule has 0 radical (unpaired) electrons. The highest BCUT2D eigenvalue weighted by Gasteiger charge is 2.20. The third kappa shape index (κ3) is 1.97. The van der Waals surface area contributed by atoms with Crippen molar-refractivity contribution in [1.29, 1.82) is 0 Å². The molecule has 0 saturated carbocycles. The molecule has 1 heterocycles. The zero-order valence-electron chi connectivity index (χ0n) is 10.8. The van der Waals surface area contributed by atoms with Crippen molar-refractivity contribution < 1.29 is 0 Å². The lowest BCUT2D eigenvalue weighted by atomic mass is 9.72. The van der Waals surface area contributed by atoms with E-state index in [0.29, 0.717) is 5.92 Å².